The van der Waals surface area contributed by atoms with Crippen molar-refractivity contribution in [2.45, 2.75) is 19.4 Å². The quantitative estimate of drug-likeness (QED) is 0.882. The minimum absolute atomic E-state index is 0. The summed E-state index contributed by atoms with van der Waals surface area (Å²) in [5.41, 5.74) is 5.85. The lowest BCUT2D eigenvalue weighted by Crippen LogP contribution is -2.43. The number of ether oxygens (including phenoxy) is 1. The number of nitrogens with two attached hydrogens (primary N) is 1. The molecule has 3 nitrogen and oxygen atoms in total. The first-order valence-corrected chi connectivity index (χ1v) is 6.38. The summed E-state index contributed by atoms with van der Waals surface area (Å²) < 4.78 is 6.15. The van der Waals surface area contributed by atoms with Gasteiger partial charge in [-0.2, -0.15) is 0 Å². The number of thiophene rings is 1. The van der Waals surface area contributed by atoms with Crippen molar-refractivity contribution in [3.05, 3.63) is 35.2 Å². The van der Waals surface area contributed by atoms with Gasteiger partial charge in [-0.05, 0) is 30.7 Å². The van der Waals surface area contributed by atoms with Gasteiger partial charge in [0.05, 0.1) is 6.61 Å². The van der Waals surface area contributed by atoms with Crippen molar-refractivity contribution in [3.8, 4) is 0 Å². The van der Waals surface area contributed by atoms with Crippen LogP contribution < -0.4 is 5.73 Å². The summed E-state index contributed by atoms with van der Waals surface area (Å²) in [6.45, 7) is 3.81. The van der Waals surface area contributed by atoms with E-state index in [2.05, 4.69) is 0 Å². The molecule has 1 aromatic carbocycles. The average Bonchev–Trinajstić information content (AvgIpc) is 2.73. The number of hydrogen-bond acceptors (Lipinski definition) is 4. The van der Waals surface area contributed by atoms with Gasteiger partial charge in [0.2, 0.25) is 0 Å². The molecule has 1 aromatic heterocycles. The Kier molecular flexibility index (Phi) is 4.73. The largest absolute Gasteiger partial charge is 0.464 e. The number of carbonyl (C=O) groups excluding carboxylic acids is 1. The first-order chi connectivity index (χ1) is 8.07. The maximum Gasteiger partial charge on any atom is 0.330 e. The van der Waals surface area contributed by atoms with E-state index in [0.717, 1.165) is 15.6 Å². The van der Waals surface area contributed by atoms with E-state index < -0.39 is 5.54 Å². The number of rotatable bonds is 3. The van der Waals surface area contributed by atoms with Crippen LogP contribution in [0, 0.1) is 0 Å². The fourth-order valence-corrected chi connectivity index (χ4v) is 2.85. The van der Waals surface area contributed by atoms with Crippen LogP contribution in [0.3, 0.4) is 0 Å². The van der Waals surface area contributed by atoms with E-state index in [1.165, 1.54) is 0 Å². The van der Waals surface area contributed by atoms with Crippen molar-refractivity contribution in [2.75, 3.05) is 6.61 Å². The van der Waals surface area contributed by atoms with Crippen molar-refractivity contribution < 1.29 is 9.53 Å². The maximum absolute atomic E-state index is 11.9. The van der Waals surface area contributed by atoms with Gasteiger partial charge < -0.3 is 10.5 Å². The molecular weight excluding hydrogens is 270 g/mol. The zero-order valence-electron chi connectivity index (χ0n) is 10.3. The van der Waals surface area contributed by atoms with Crippen molar-refractivity contribution in [2.24, 2.45) is 5.73 Å². The Bertz CT molecular complexity index is 551. The molecule has 0 saturated carbocycles. The number of carbonyl (C=O) groups is 1. The highest BCUT2D eigenvalue weighted by Crippen LogP contribution is 2.32. The van der Waals surface area contributed by atoms with E-state index >= 15 is 0 Å². The van der Waals surface area contributed by atoms with Crippen LogP contribution in [0.4, 0.5) is 0 Å². The highest BCUT2D eigenvalue weighted by atomic mass is 35.5. The van der Waals surface area contributed by atoms with Gasteiger partial charge >= 0.3 is 5.97 Å². The van der Waals surface area contributed by atoms with Crippen LogP contribution in [0.2, 0.25) is 0 Å². The van der Waals surface area contributed by atoms with Gasteiger partial charge in [0, 0.05) is 10.3 Å². The van der Waals surface area contributed by atoms with Crippen LogP contribution in [0.25, 0.3) is 10.1 Å². The minimum Gasteiger partial charge on any atom is -0.464 e. The predicted molar refractivity (Wildman–Crippen MR) is 77.2 cm³/mol. The van der Waals surface area contributed by atoms with Crippen molar-refractivity contribution in [3.63, 3.8) is 0 Å². The third-order valence-electron chi connectivity index (χ3n) is 2.74. The van der Waals surface area contributed by atoms with Gasteiger partial charge in [-0.15, -0.1) is 23.7 Å². The smallest absolute Gasteiger partial charge is 0.330 e. The van der Waals surface area contributed by atoms with Gasteiger partial charge in [-0.25, -0.2) is 4.79 Å². The van der Waals surface area contributed by atoms with Crippen LogP contribution in [0.1, 0.15) is 19.4 Å². The molecule has 1 atom stereocenters. The number of fused-ring (bicyclic) bond motifs is 1. The van der Waals surface area contributed by atoms with Gasteiger partial charge in [0.1, 0.15) is 5.54 Å². The molecule has 0 spiro atoms. The van der Waals surface area contributed by atoms with E-state index in [1.807, 2.05) is 29.6 Å². The molecule has 0 aliphatic carbocycles. The molecule has 0 aliphatic rings. The van der Waals surface area contributed by atoms with Crippen molar-refractivity contribution >= 4 is 39.8 Å². The monoisotopic (exact) mass is 285 g/mol. The summed E-state index contributed by atoms with van der Waals surface area (Å²) in [5, 5.41) is 2.96. The molecule has 1 heterocycles. The molecule has 1 unspecified atom stereocenters. The molecule has 18 heavy (non-hydrogen) atoms. The Morgan fingerprint density at radius 2 is 2.11 bits per heavy atom. The molecule has 2 aromatic rings. The van der Waals surface area contributed by atoms with Crippen LogP contribution in [0.15, 0.2) is 29.6 Å². The fourth-order valence-electron chi connectivity index (χ4n) is 1.77. The normalized spacial score (nSPS) is 13.7. The Morgan fingerprint density at radius 3 is 2.78 bits per heavy atom. The first kappa shape index (κ1) is 15.0. The topological polar surface area (TPSA) is 52.3 Å². The minimum atomic E-state index is -1.09. The molecule has 2 rings (SSSR count). The van der Waals surface area contributed by atoms with Crippen LogP contribution in [-0.4, -0.2) is 12.6 Å². The lowest BCUT2D eigenvalue weighted by molar-refractivity contribution is -0.149. The highest BCUT2D eigenvalue weighted by molar-refractivity contribution is 7.17. The lowest BCUT2D eigenvalue weighted by atomic mass is 9.93. The SMILES string of the molecule is CCOC(=O)C(C)(N)c1csc2ccccc12.Cl. The molecule has 0 aliphatic heterocycles. The van der Waals surface area contributed by atoms with Gasteiger partial charge in [0.25, 0.3) is 0 Å². The summed E-state index contributed by atoms with van der Waals surface area (Å²) in [5.74, 6) is -0.386. The Balaban J connectivity index is 0.00000162. The second-order valence-electron chi connectivity index (χ2n) is 4.07. The molecule has 2 N–H and O–H groups in total. The lowest BCUT2D eigenvalue weighted by Gasteiger charge is -2.21. The van der Waals surface area contributed by atoms with Crippen LogP contribution in [0.5, 0.6) is 0 Å². The standard InChI is InChI=1S/C13H15NO2S.ClH/c1-3-16-12(15)13(2,14)10-8-17-11-7-5-4-6-9(10)11;/h4-8H,3,14H2,1-2H3;1H. The maximum atomic E-state index is 11.9. The van der Waals surface area contributed by atoms with Gasteiger partial charge in [-0.1, -0.05) is 18.2 Å². The first-order valence-electron chi connectivity index (χ1n) is 5.50. The molecule has 0 saturated heterocycles. The molecule has 0 bridgehead atoms. The fraction of sp³-hybridized carbons (Fsp3) is 0.308. The predicted octanol–water partition coefficient (Wildman–Crippen LogP) is 3.06. The van der Waals surface area contributed by atoms with E-state index in [9.17, 15) is 4.79 Å². The average molecular weight is 286 g/mol. The zero-order chi connectivity index (χ0) is 12.5. The number of hydrogen-bond donors (Lipinski definition) is 1. The Morgan fingerprint density at radius 1 is 1.44 bits per heavy atom. The Labute approximate surface area is 116 Å². The van der Waals surface area contributed by atoms with E-state index in [4.69, 9.17) is 10.5 Å². The summed E-state index contributed by atoms with van der Waals surface area (Å²) in [6, 6.07) is 7.91. The number of halogens is 1. The van der Waals surface area contributed by atoms with E-state index in [0.29, 0.717) is 6.61 Å². The Hall–Kier alpha value is -1.10. The molecule has 0 amide bonds. The van der Waals surface area contributed by atoms with Crippen LogP contribution >= 0.6 is 23.7 Å². The molecule has 0 radical (unpaired) electrons. The third kappa shape index (κ3) is 2.51. The second kappa shape index (κ2) is 5.69. The summed E-state index contributed by atoms with van der Waals surface area (Å²) in [4.78, 5) is 11.9. The highest BCUT2D eigenvalue weighted by Gasteiger charge is 2.34. The van der Waals surface area contributed by atoms with Gasteiger partial charge in [0.15, 0.2) is 0 Å². The number of benzene rings is 1. The van der Waals surface area contributed by atoms with Crippen molar-refractivity contribution in [1.29, 1.82) is 0 Å². The molecular formula is C13H16ClNO2S. The molecule has 98 valence electrons. The zero-order valence-corrected chi connectivity index (χ0v) is 11.9. The second-order valence-corrected chi connectivity index (χ2v) is 4.98. The van der Waals surface area contributed by atoms with Gasteiger partial charge in [-0.3, -0.25) is 0 Å². The van der Waals surface area contributed by atoms with Crippen LogP contribution in [-0.2, 0) is 15.1 Å². The third-order valence-corrected chi connectivity index (χ3v) is 3.70. The molecule has 0 fully saturated rings. The van der Waals surface area contributed by atoms with E-state index in [-0.39, 0.29) is 18.4 Å². The van der Waals surface area contributed by atoms with Crippen molar-refractivity contribution in [1.82, 2.24) is 0 Å². The van der Waals surface area contributed by atoms with E-state index in [1.54, 1.807) is 25.2 Å². The summed E-state index contributed by atoms with van der Waals surface area (Å²) in [7, 11) is 0. The number of esters is 1. The summed E-state index contributed by atoms with van der Waals surface area (Å²) >= 11 is 1.59. The molecule has 5 heteroatoms. The summed E-state index contributed by atoms with van der Waals surface area (Å²) in [6.07, 6.45) is 0.